The van der Waals surface area contributed by atoms with Gasteiger partial charge in [0, 0.05) is 32.4 Å². The third-order valence-corrected chi connectivity index (χ3v) is 2.76. The summed E-state index contributed by atoms with van der Waals surface area (Å²) >= 11 is 0. The second-order valence-electron chi connectivity index (χ2n) is 5.00. The molecule has 1 amide bonds. The van der Waals surface area contributed by atoms with Crippen molar-refractivity contribution < 1.29 is 4.79 Å². The van der Waals surface area contributed by atoms with Gasteiger partial charge < -0.3 is 10.6 Å². The quantitative estimate of drug-likeness (QED) is 0.883. The molecule has 0 aliphatic carbocycles. The first-order valence-electron chi connectivity index (χ1n) is 7.31. The molecule has 2 N–H and O–H groups in total. The average molecular weight is 278 g/mol. The van der Waals surface area contributed by atoms with Crippen molar-refractivity contribution in [2.45, 2.75) is 27.2 Å². The summed E-state index contributed by atoms with van der Waals surface area (Å²) in [6.07, 6.45) is 3.00. The van der Waals surface area contributed by atoms with Crippen LogP contribution >= 0.6 is 0 Å². The van der Waals surface area contributed by atoms with Gasteiger partial charge in [-0.25, -0.2) is 4.98 Å². The number of pyridine rings is 1. The molecule has 1 saturated heterocycles. The van der Waals surface area contributed by atoms with Crippen LogP contribution in [-0.2, 0) is 4.79 Å². The second-order valence-corrected chi connectivity index (χ2v) is 5.00. The smallest absolute Gasteiger partial charge is 0.239 e. The highest BCUT2D eigenvalue weighted by atomic mass is 16.2. The molecule has 1 fully saturated rings. The van der Waals surface area contributed by atoms with Crippen LogP contribution in [0.25, 0.3) is 0 Å². The van der Waals surface area contributed by atoms with E-state index in [1.165, 1.54) is 6.42 Å². The number of aryl methyl sites for hydroxylation is 1. The highest BCUT2D eigenvalue weighted by Crippen LogP contribution is 2.04. The molecule has 1 aliphatic heterocycles. The minimum Gasteiger partial charge on any atom is -0.314 e. The lowest BCUT2D eigenvalue weighted by Crippen LogP contribution is -2.46. The van der Waals surface area contributed by atoms with E-state index in [4.69, 9.17) is 0 Å². The van der Waals surface area contributed by atoms with E-state index < -0.39 is 0 Å². The van der Waals surface area contributed by atoms with Crippen molar-refractivity contribution in [3.05, 3.63) is 23.9 Å². The number of nitrogens with one attached hydrogen (secondary N) is 2. The molecule has 0 saturated carbocycles. The van der Waals surface area contributed by atoms with Gasteiger partial charge in [0.2, 0.25) is 5.91 Å². The molecule has 0 atom stereocenters. The van der Waals surface area contributed by atoms with Crippen LogP contribution in [0.15, 0.2) is 18.3 Å². The van der Waals surface area contributed by atoms with E-state index in [1.807, 2.05) is 19.1 Å². The molecule has 0 unspecified atom stereocenters. The molecule has 1 aromatic heterocycles. The zero-order valence-corrected chi connectivity index (χ0v) is 12.8. The van der Waals surface area contributed by atoms with Gasteiger partial charge in [0.25, 0.3) is 0 Å². The van der Waals surface area contributed by atoms with Gasteiger partial charge in [-0.15, -0.1) is 0 Å². The zero-order valence-electron chi connectivity index (χ0n) is 12.8. The Hall–Kier alpha value is -1.46. The number of hydrogen-bond donors (Lipinski definition) is 2. The fourth-order valence-corrected chi connectivity index (χ4v) is 1.80. The van der Waals surface area contributed by atoms with Crippen LogP contribution in [0.5, 0.6) is 0 Å². The summed E-state index contributed by atoms with van der Waals surface area (Å²) in [6, 6.07) is 3.76. The van der Waals surface area contributed by atoms with Crippen molar-refractivity contribution in [2.75, 3.05) is 38.0 Å². The third-order valence-electron chi connectivity index (χ3n) is 2.76. The molecular weight excluding hydrogens is 252 g/mol. The van der Waals surface area contributed by atoms with Crippen LogP contribution in [0.3, 0.4) is 0 Å². The molecular formula is C15H26N4O. The molecule has 112 valence electrons. The minimum atomic E-state index is 0.00301. The highest BCUT2D eigenvalue weighted by molar-refractivity contribution is 5.91. The lowest BCUT2D eigenvalue weighted by atomic mass is 10.3. The van der Waals surface area contributed by atoms with E-state index in [0.717, 1.165) is 31.7 Å². The van der Waals surface area contributed by atoms with Crippen molar-refractivity contribution in [3.8, 4) is 0 Å². The average Bonchev–Trinajstić information content (AvgIpc) is 2.43. The van der Waals surface area contributed by atoms with Crippen molar-refractivity contribution >= 4 is 11.7 Å². The molecule has 0 spiro atoms. The molecule has 0 aromatic carbocycles. The van der Waals surface area contributed by atoms with E-state index >= 15 is 0 Å². The Kier molecular flexibility index (Phi) is 7.84. The molecule has 1 aromatic rings. The van der Waals surface area contributed by atoms with E-state index in [-0.39, 0.29) is 5.91 Å². The number of carbonyl (C=O) groups is 1. The van der Waals surface area contributed by atoms with Crippen molar-refractivity contribution in [3.63, 3.8) is 0 Å². The monoisotopic (exact) mass is 278 g/mol. The second kappa shape index (κ2) is 9.44. The third kappa shape index (κ3) is 6.63. The van der Waals surface area contributed by atoms with E-state index in [1.54, 1.807) is 6.20 Å². The Bertz CT molecular complexity index is 385. The lowest BCUT2D eigenvalue weighted by molar-refractivity contribution is -0.117. The van der Waals surface area contributed by atoms with Crippen LogP contribution < -0.4 is 10.6 Å². The maximum absolute atomic E-state index is 11.8. The Morgan fingerprint density at radius 1 is 1.35 bits per heavy atom. The van der Waals surface area contributed by atoms with E-state index in [9.17, 15) is 4.79 Å². The first-order chi connectivity index (χ1) is 9.65. The Balaban J connectivity index is 0.000000612. The Morgan fingerprint density at radius 3 is 2.55 bits per heavy atom. The number of amides is 1. The summed E-state index contributed by atoms with van der Waals surface area (Å²) in [7, 11) is 0. The first-order valence-corrected chi connectivity index (χ1v) is 7.31. The van der Waals surface area contributed by atoms with Crippen LogP contribution in [0.4, 0.5) is 5.82 Å². The molecule has 2 heterocycles. The minimum absolute atomic E-state index is 0.00301. The largest absolute Gasteiger partial charge is 0.314 e. The number of hydrogen-bond acceptors (Lipinski definition) is 4. The molecule has 2 rings (SSSR count). The first kappa shape index (κ1) is 16.6. The van der Waals surface area contributed by atoms with Gasteiger partial charge in [-0.05, 0) is 18.6 Å². The predicted molar refractivity (Wildman–Crippen MR) is 82.9 cm³/mol. The van der Waals surface area contributed by atoms with Gasteiger partial charge in [0.1, 0.15) is 5.82 Å². The number of aromatic nitrogens is 1. The topological polar surface area (TPSA) is 57.3 Å². The standard InChI is InChI=1S/C12H18N4O.C3H8/c1-10-2-3-11(14-8-10)15-12(17)9-16-6-4-13-5-7-16;1-3-2/h2-3,8,13H,4-7,9H2,1H3,(H,14,15,17);3H2,1-2H3. The summed E-state index contributed by atoms with van der Waals surface area (Å²) < 4.78 is 0. The maximum atomic E-state index is 11.8. The van der Waals surface area contributed by atoms with Crippen molar-refractivity contribution in [1.29, 1.82) is 0 Å². The summed E-state index contributed by atoms with van der Waals surface area (Å²) in [6.45, 7) is 10.4. The van der Waals surface area contributed by atoms with Gasteiger partial charge >= 0.3 is 0 Å². The SMILES string of the molecule is CCC.Cc1ccc(NC(=O)CN2CCNCC2)nc1. The van der Waals surface area contributed by atoms with Crippen molar-refractivity contribution in [2.24, 2.45) is 0 Å². The summed E-state index contributed by atoms with van der Waals surface area (Å²) in [5.41, 5.74) is 1.09. The number of nitrogens with zero attached hydrogens (tertiary/aromatic N) is 2. The molecule has 5 nitrogen and oxygen atoms in total. The van der Waals surface area contributed by atoms with Gasteiger partial charge in [0.05, 0.1) is 6.54 Å². The van der Waals surface area contributed by atoms with Crippen LogP contribution in [0.2, 0.25) is 0 Å². The van der Waals surface area contributed by atoms with Crippen LogP contribution in [0, 0.1) is 6.92 Å². The van der Waals surface area contributed by atoms with E-state index in [2.05, 4.69) is 34.4 Å². The summed E-state index contributed by atoms with van der Waals surface area (Å²) in [5.74, 6) is 0.624. The fraction of sp³-hybridized carbons (Fsp3) is 0.600. The predicted octanol–water partition coefficient (Wildman–Crippen LogP) is 1.65. The van der Waals surface area contributed by atoms with Gasteiger partial charge in [-0.1, -0.05) is 26.3 Å². The molecule has 5 heteroatoms. The molecule has 0 radical (unpaired) electrons. The van der Waals surface area contributed by atoms with Gasteiger partial charge in [-0.2, -0.15) is 0 Å². The lowest BCUT2D eigenvalue weighted by Gasteiger charge is -2.26. The van der Waals surface area contributed by atoms with Crippen molar-refractivity contribution in [1.82, 2.24) is 15.2 Å². The fourth-order valence-electron chi connectivity index (χ4n) is 1.80. The summed E-state index contributed by atoms with van der Waals surface area (Å²) in [4.78, 5) is 18.0. The molecule has 1 aliphatic rings. The zero-order chi connectivity index (χ0) is 14.8. The molecule has 20 heavy (non-hydrogen) atoms. The maximum Gasteiger partial charge on any atom is 0.239 e. The molecule has 0 bridgehead atoms. The number of carbonyl (C=O) groups excluding carboxylic acids is 1. The van der Waals surface area contributed by atoms with Gasteiger partial charge in [-0.3, -0.25) is 9.69 Å². The Labute approximate surface area is 121 Å². The number of rotatable bonds is 3. The van der Waals surface area contributed by atoms with Gasteiger partial charge in [0.15, 0.2) is 0 Å². The normalized spacial score (nSPS) is 15.2. The number of anilines is 1. The van der Waals surface area contributed by atoms with E-state index in [0.29, 0.717) is 12.4 Å². The number of piperazine rings is 1. The van der Waals surface area contributed by atoms with Crippen LogP contribution in [0.1, 0.15) is 25.8 Å². The summed E-state index contributed by atoms with van der Waals surface area (Å²) in [5, 5.41) is 6.06. The highest BCUT2D eigenvalue weighted by Gasteiger charge is 2.13. The Morgan fingerprint density at radius 2 is 2.00 bits per heavy atom. The van der Waals surface area contributed by atoms with Crippen LogP contribution in [-0.4, -0.2) is 48.5 Å².